The van der Waals surface area contributed by atoms with E-state index in [1.165, 1.54) is 0 Å². The first-order valence-electron chi connectivity index (χ1n) is 7.10. The Balaban J connectivity index is 2.44. The third-order valence-corrected chi connectivity index (χ3v) is 3.44. The molecular weight excluding hydrogens is 252 g/mol. The molecule has 0 fully saturated rings. The van der Waals surface area contributed by atoms with Gasteiger partial charge in [-0.25, -0.2) is 0 Å². The fourth-order valence-electron chi connectivity index (χ4n) is 1.92. The number of nitrogens with one attached hydrogen (secondary N) is 1. The molecule has 0 saturated carbocycles. The van der Waals surface area contributed by atoms with Gasteiger partial charge in [0.25, 0.3) is 0 Å². The molecule has 1 atom stereocenters. The molecule has 20 heavy (non-hydrogen) atoms. The smallest absolute Gasteiger partial charge is 0.220 e. The number of hydrogen-bond donors (Lipinski definition) is 2. The summed E-state index contributed by atoms with van der Waals surface area (Å²) in [5.41, 5.74) is 2.30. The maximum Gasteiger partial charge on any atom is 0.220 e. The Bertz CT molecular complexity index is 413. The average molecular weight is 278 g/mol. The summed E-state index contributed by atoms with van der Waals surface area (Å²) in [7, 11) is 4.01. The molecule has 1 rings (SSSR count). The Morgan fingerprint density at radius 3 is 2.30 bits per heavy atom. The van der Waals surface area contributed by atoms with Crippen LogP contribution in [0.2, 0.25) is 0 Å². The number of aryl methyl sites for hydroxylation is 1. The summed E-state index contributed by atoms with van der Waals surface area (Å²) in [5, 5.41) is 12.1. The van der Waals surface area contributed by atoms with Crippen LogP contribution in [0.5, 0.6) is 0 Å². The van der Waals surface area contributed by atoms with Gasteiger partial charge in [0, 0.05) is 26.2 Å². The summed E-state index contributed by atoms with van der Waals surface area (Å²) in [6.07, 6.45) is 1.17. The molecule has 1 amide bonds. The minimum atomic E-state index is -0.154. The lowest BCUT2D eigenvalue weighted by molar-refractivity contribution is -0.122. The van der Waals surface area contributed by atoms with Crippen LogP contribution >= 0.6 is 0 Å². The predicted molar refractivity (Wildman–Crippen MR) is 82.9 cm³/mol. The van der Waals surface area contributed by atoms with Crippen molar-refractivity contribution < 1.29 is 9.90 Å². The predicted octanol–water partition coefficient (Wildman–Crippen LogP) is 1.82. The molecule has 0 aliphatic carbocycles. The molecule has 1 aromatic rings. The molecule has 0 saturated heterocycles. The van der Waals surface area contributed by atoms with Crippen LogP contribution in [0.3, 0.4) is 0 Å². The van der Waals surface area contributed by atoms with Crippen LogP contribution in [-0.4, -0.2) is 37.8 Å². The van der Waals surface area contributed by atoms with E-state index < -0.39 is 0 Å². The third-order valence-electron chi connectivity index (χ3n) is 3.44. The Hall–Kier alpha value is -1.55. The molecule has 0 aliphatic heterocycles. The molecule has 0 aliphatic rings. The Morgan fingerprint density at radius 2 is 1.85 bits per heavy atom. The van der Waals surface area contributed by atoms with Gasteiger partial charge in [-0.1, -0.05) is 26.0 Å². The van der Waals surface area contributed by atoms with Gasteiger partial charge in [-0.2, -0.15) is 0 Å². The molecule has 1 aromatic carbocycles. The second-order valence-corrected chi connectivity index (χ2v) is 5.66. The quantitative estimate of drug-likeness (QED) is 0.800. The second-order valence-electron chi connectivity index (χ2n) is 5.66. The summed E-state index contributed by atoms with van der Waals surface area (Å²) in [4.78, 5) is 13.9. The molecule has 112 valence electrons. The number of carbonyl (C=O) groups is 1. The van der Waals surface area contributed by atoms with Gasteiger partial charge in [-0.05, 0) is 30.0 Å². The van der Waals surface area contributed by atoms with E-state index in [0.29, 0.717) is 6.42 Å². The van der Waals surface area contributed by atoms with E-state index in [4.69, 9.17) is 0 Å². The van der Waals surface area contributed by atoms with Crippen LogP contribution in [0, 0.1) is 5.92 Å². The van der Waals surface area contributed by atoms with Gasteiger partial charge in [0.15, 0.2) is 0 Å². The molecule has 0 spiro atoms. The number of amides is 1. The molecule has 0 heterocycles. The number of nitrogens with zero attached hydrogens (tertiary/aromatic N) is 1. The molecule has 4 nitrogen and oxygen atoms in total. The standard InChI is InChI=1S/C16H26N2O2/c1-12(2)15(11-19)17-16(20)10-7-13-5-8-14(9-6-13)18(3)4/h5-6,8-9,12,15,19H,7,10-11H2,1-4H3,(H,17,20). The van der Waals surface area contributed by atoms with Crippen LogP contribution in [0.1, 0.15) is 25.8 Å². The molecule has 0 bridgehead atoms. The molecule has 0 aromatic heterocycles. The third kappa shape index (κ3) is 5.21. The average Bonchev–Trinajstić information content (AvgIpc) is 2.42. The fraction of sp³-hybridized carbons (Fsp3) is 0.562. The zero-order valence-corrected chi connectivity index (χ0v) is 12.9. The zero-order valence-electron chi connectivity index (χ0n) is 12.9. The minimum absolute atomic E-state index is 0.00515. The van der Waals surface area contributed by atoms with Crippen LogP contribution in [0.25, 0.3) is 0 Å². The lowest BCUT2D eigenvalue weighted by Gasteiger charge is -2.19. The normalized spacial score (nSPS) is 12.3. The summed E-state index contributed by atoms with van der Waals surface area (Å²) >= 11 is 0. The highest BCUT2D eigenvalue weighted by atomic mass is 16.3. The number of hydrogen-bond acceptors (Lipinski definition) is 3. The number of anilines is 1. The van der Waals surface area contributed by atoms with Crippen molar-refractivity contribution >= 4 is 11.6 Å². The van der Waals surface area contributed by atoms with Crippen molar-refractivity contribution in [3.63, 3.8) is 0 Å². The van der Waals surface area contributed by atoms with Crippen molar-refractivity contribution in [3.8, 4) is 0 Å². The van der Waals surface area contributed by atoms with E-state index in [2.05, 4.69) is 29.6 Å². The van der Waals surface area contributed by atoms with Crippen LogP contribution < -0.4 is 10.2 Å². The summed E-state index contributed by atoms with van der Waals surface area (Å²) < 4.78 is 0. The van der Waals surface area contributed by atoms with Gasteiger partial charge in [-0.3, -0.25) is 4.79 Å². The van der Waals surface area contributed by atoms with E-state index in [1.807, 2.05) is 32.8 Å². The van der Waals surface area contributed by atoms with E-state index >= 15 is 0 Å². The van der Waals surface area contributed by atoms with Crippen molar-refractivity contribution in [1.29, 1.82) is 0 Å². The lowest BCUT2D eigenvalue weighted by atomic mass is 10.0. The lowest BCUT2D eigenvalue weighted by Crippen LogP contribution is -2.41. The summed E-state index contributed by atoms with van der Waals surface area (Å²) in [6.45, 7) is 3.96. The number of aliphatic hydroxyl groups excluding tert-OH is 1. The van der Waals surface area contributed by atoms with Crippen LogP contribution in [0.4, 0.5) is 5.69 Å². The highest BCUT2D eigenvalue weighted by Gasteiger charge is 2.14. The molecular formula is C16H26N2O2. The van der Waals surface area contributed by atoms with Gasteiger partial charge in [-0.15, -0.1) is 0 Å². The van der Waals surface area contributed by atoms with Gasteiger partial charge in [0.05, 0.1) is 12.6 Å². The van der Waals surface area contributed by atoms with Crippen LogP contribution in [0.15, 0.2) is 24.3 Å². The van der Waals surface area contributed by atoms with Crippen molar-refractivity contribution in [2.45, 2.75) is 32.7 Å². The Morgan fingerprint density at radius 1 is 1.25 bits per heavy atom. The number of rotatable bonds is 7. The Labute approximate surface area is 121 Å². The number of carbonyl (C=O) groups excluding carboxylic acids is 1. The largest absolute Gasteiger partial charge is 0.394 e. The summed E-state index contributed by atoms with van der Waals surface area (Å²) in [5.74, 6) is 0.234. The first kappa shape index (κ1) is 16.5. The first-order chi connectivity index (χ1) is 9.43. The molecule has 2 N–H and O–H groups in total. The van der Waals surface area contributed by atoms with Crippen molar-refractivity contribution in [2.75, 3.05) is 25.6 Å². The minimum Gasteiger partial charge on any atom is -0.394 e. The first-order valence-corrected chi connectivity index (χ1v) is 7.10. The van der Waals surface area contributed by atoms with Gasteiger partial charge in [0.1, 0.15) is 0 Å². The van der Waals surface area contributed by atoms with Crippen molar-refractivity contribution in [3.05, 3.63) is 29.8 Å². The van der Waals surface area contributed by atoms with Gasteiger partial charge in [0.2, 0.25) is 5.91 Å². The second kappa shape index (κ2) is 7.90. The van der Waals surface area contributed by atoms with Gasteiger partial charge >= 0.3 is 0 Å². The maximum atomic E-state index is 11.8. The Kier molecular flexibility index (Phi) is 6.52. The van der Waals surface area contributed by atoms with E-state index in [9.17, 15) is 9.90 Å². The van der Waals surface area contributed by atoms with E-state index in [-0.39, 0.29) is 24.5 Å². The zero-order chi connectivity index (χ0) is 15.1. The van der Waals surface area contributed by atoms with Crippen molar-refractivity contribution in [2.24, 2.45) is 5.92 Å². The van der Waals surface area contributed by atoms with E-state index in [0.717, 1.165) is 17.7 Å². The maximum absolute atomic E-state index is 11.8. The molecule has 0 radical (unpaired) electrons. The SMILES string of the molecule is CC(C)C(CO)NC(=O)CCc1ccc(N(C)C)cc1. The number of benzene rings is 1. The van der Waals surface area contributed by atoms with E-state index in [1.54, 1.807) is 0 Å². The highest BCUT2D eigenvalue weighted by molar-refractivity contribution is 5.76. The van der Waals surface area contributed by atoms with Gasteiger partial charge < -0.3 is 15.3 Å². The highest BCUT2D eigenvalue weighted by Crippen LogP contribution is 2.13. The number of aliphatic hydroxyl groups is 1. The molecule has 4 heteroatoms. The van der Waals surface area contributed by atoms with Crippen molar-refractivity contribution in [1.82, 2.24) is 5.32 Å². The molecule has 1 unspecified atom stereocenters. The summed E-state index contributed by atoms with van der Waals surface area (Å²) in [6, 6.07) is 8.05. The van der Waals surface area contributed by atoms with Crippen LogP contribution in [-0.2, 0) is 11.2 Å². The topological polar surface area (TPSA) is 52.6 Å². The fourth-order valence-corrected chi connectivity index (χ4v) is 1.92. The monoisotopic (exact) mass is 278 g/mol.